The average molecular weight is 1120 g/mol. The van der Waals surface area contributed by atoms with Crippen molar-refractivity contribution >= 4 is 82.3 Å². The van der Waals surface area contributed by atoms with E-state index in [1.165, 1.54) is 0 Å². The Labute approximate surface area is 431 Å². The zero-order valence-corrected chi connectivity index (χ0v) is 42.6. The summed E-state index contributed by atoms with van der Waals surface area (Å²) < 4.78 is 91.7. The van der Waals surface area contributed by atoms with Gasteiger partial charge in [0.1, 0.15) is 85.5 Å². The van der Waals surface area contributed by atoms with Crippen molar-refractivity contribution in [3.63, 3.8) is 0 Å². The predicted molar refractivity (Wildman–Crippen MR) is 251 cm³/mol. The van der Waals surface area contributed by atoms with Gasteiger partial charge in [0.2, 0.25) is 0 Å². The van der Waals surface area contributed by atoms with Crippen molar-refractivity contribution in [2.24, 2.45) is 0 Å². The number of hydrogen-bond donors (Lipinski definition) is 7. The molecule has 22 heterocycles. The summed E-state index contributed by atoms with van der Waals surface area (Å²) in [6.45, 7) is -2.26. The highest BCUT2D eigenvalue weighted by molar-refractivity contribution is 8.09. The minimum absolute atomic E-state index is 0.0517. The Hall–Kier alpha value is 1.61. The topological polar surface area (TPSA) is 271 Å². The van der Waals surface area contributed by atoms with Gasteiger partial charge < -0.3 is 102 Å². The van der Waals surface area contributed by atoms with Gasteiger partial charge in [0.25, 0.3) is 0 Å². The van der Waals surface area contributed by atoms with Crippen LogP contribution in [0.3, 0.4) is 0 Å². The number of thioether (sulfide) groups is 7. The monoisotopic (exact) mass is 1120 g/mol. The van der Waals surface area contributed by atoms with Gasteiger partial charge in [0, 0.05) is 0 Å². The van der Waals surface area contributed by atoms with Crippen molar-refractivity contribution in [1.29, 1.82) is 0 Å². The van der Waals surface area contributed by atoms with Crippen LogP contribution in [-0.4, -0.2) is 285 Å². The highest BCUT2D eigenvalue weighted by atomic mass is 32.2. The van der Waals surface area contributed by atoms with Crippen molar-refractivity contribution in [3.8, 4) is 0 Å². The van der Waals surface area contributed by atoms with E-state index in [1.807, 2.05) is 0 Å². The van der Waals surface area contributed by atoms with Crippen LogP contribution < -0.4 is 0 Å². The van der Waals surface area contributed by atoms with Crippen LogP contribution in [0.5, 0.6) is 0 Å². The third-order valence-electron chi connectivity index (χ3n) is 16.1. The van der Waals surface area contributed by atoms with Gasteiger partial charge in [-0.25, -0.2) is 0 Å². The van der Waals surface area contributed by atoms with Crippen molar-refractivity contribution in [2.45, 2.75) is 203 Å². The summed E-state index contributed by atoms with van der Waals surface area (Å²) in [6.07, 6.45) is -13.5. The molecule has 70 heavy (non-hydrogen) atoms. The first-order valence-electron chi connectivity index (χ1n) is 24.3. The van der Waals surface area contributed by atoms with E-state index in [4.69, 9.17) is 66.3 Å². The van der Waals surface area contributed by atoms with Crippen molar-refractivity contribution in [2.75, 3.05) is 46.2 Å². The SMILES string of the molecule is OCC1OC2OC3C(CO)OC(OC4C(CO)OC(OC5C(CO)OC(OC6C(CO)OC(OC7C(CO)OC(OC8C(CO)OC(OC1C1SC21)C1SC81)C1SC71)C1SC61)C1SC51)C1SC41)C1SC31. The van der Waals surface area contributed by atoms with Crippen LogP contribution in [0.4, 0.5) is 0 Å². The summed E-state index contributed by atoms with van der Waals surface area (Å²) in [5.74, 6) is 0. The second-order valence-electron chi connectivity index (χ2n) is 20.2. The fraction of sp³-hybridized carbons (Fsp3) is 1.00. The first kappa shape index (κ1) is 48.7. The van der Waals surface area contributed by atoms with E-state index in [1.54, 1.807) is 82.3 Å². The fourth-order valence-electron chi connectivity index (χ4n) is 12.1. The molecule has 22 saturated heterocycles. The lowest BCUT2D eigenvalue weighted by atomic mass is 10.0. The van der Waals surface area contributed by atoms with Gasteiger partial charge in [0.15, 0.2) is 44.0 Å². The van der Waals surface area contributed by atoms with Gasteiger partial charge in [-0.15, -0.1) is 82.3 Å². The number of hydrogen-bond acceptors (Lipinski definition) is 28. The molecule has 0 spiro atoms. The summed E-state index contributed by atoms with van der Waals surface area (Å²) in [4.78, 5) is 0. The van der Waals surface area contributed by atoms with E-state index in [0.29, 0.717) is 0 Å². The van der Waals surface area contributed by atoms with Gasteiger partial charge in [0.05, 0.1) is 120 Å². The molecule has 0 aromatic rings. The van der Waals surface area contributed by atoms with E-state index in [2.05, 4.69) is 0 Å². The highest BCUT2D eigenvalue weighted by Gasteiger charge is 2.70. The summed E-state index contributed by atoms with van der Waals surface area (Å²) in [5, 5.41) is 73.5. The van der Waals surface area contributed by atoms with Gasteiger partial charge >= 0.3 is 0 Å². The Bertz CT molecular complexity index is 1590. The van der Waals surface area contributed by atoms with Gasteiger partial charge in [-0.05, 0) is 0 Å². The molecule has 22 aliphatic rings. The molecule has 35 atom stereocenters. The summed E-state index contributed by atoms with van der Waals surface area (Å²) in [6, 6.07) is 0. The lowest BCUT2D eigenvalue weighted by Gasteiger charge is -2.42. The molecular weight excluding hydrogens is 1060 g/mol. The minimum Gasteiger partial charge on any atom is -0.394 e. The molecule has 0 aromatic carbocycles. The number of aliphatic hydroxyl groups is 7. The number of rotatable bonds is 7. The van der Waals surface area contributed by atoms with Crippen LogP contribution in [0.15, 0.2) is 0 Å². The molecule has 22 aliphatic heterocycles. The van der Waals surface area contributed by atoms with Crippen LogP contribution in [-0.2, 0) is 66.3 Å². The second-order valence-corrected chi connectivity index (χ2v) is 29.8. The smallest absolute Gasteiger partial charge is 0.171 e. The van der Waals surface area contributed by atoms with Gasteiger partial charge in [-0.1, -0.05) is 0 Å². The highest BCUT2D eigenvalue weighted by Crippen LogP contribution is 2.63. The average Bonchev–Trinajstić information content (AvgIpc) is 4.15. The number of aliphatic hydroxyl groups excluding tert-OH is 7. The van der Waals surface area contributed by atoms with E-state index in [-0.39, 0.29) is 120 Å². The molecule has 0 aromatic heterocycles. The number of ether oxygens (including phenoxy) is 14. The molecule has 0 amide bonds. The van der Waals surface area contributed by atoms with E-state index >= 15 is 0 Å². The quantitative estimate of drug-likeness (QED) is 0.126. The third-order valence-corrected chi connectivity index (χ3v) is 25.8. The molecule has 14 bridgehead atoms. The summed E-state index contributed by atoms with van der Waals surface area (Å²) >= 11 is 11.5. The van der Waals surface area contributed by atoms with Crippen LogP contribution in [0, 0.1) is 0 Å². The van der Waals surface area contributed by atoms with Crippen LogP contribution in [0.25, 0.3) is 0 Å². The molecule has 0 aliphatic carbocycles. The Kier molecular flexibility index (Phi) is 13.1. The maximum Gasteiger partial charge on any atom is 0.171 e. The molecule has 22 fully saturated rings. The van der Waals surface area contributed by atoms with E-state index in [9.17, 15) is 35.7 Å². The first-order valence-corrected chi connectivity index (χ1v) is 30.9. The van der Waals surface area contributed by atoms with E-state index in [0.717, 1.165) is 0 Å². The minimum atomic E-state index is -0.727. The third kappa shape index (κ3) is 8.39. The second kappa shape index (κ2) is 18.9. The molecule has 0 saturated carbocycles. The molecule has 28 heteroatoms. The predicted octanol–water partition coefficient (Wildman–Crippen LogP) is -2.90. The Morgan fingerprint density at radius 1 is 0.186 bits per heavy atom. The molecule has 392 valence electrons. The lowest BCUT2D eigenvalue weighted by Crippen LogP contribution is -2.58. The zero-order chi connectivity index (χ0) is 47.0. The Morgan fingerprint density at radius 3 is 0.429 bits per heavy atom. The van der Waals surface area contributed by atoms with E-state index < -0.39 is 129 Å². The molecule has 0 radical (unpaired) electrons. The Morgan fingerprint density at radius 2 is 0.314 bits per heavy atom. The summed E-state index contributed by atoms with van der Waals surface area (Å²) in [5.41, 5.74) is 0. The molecule has 7 N–H and O–H groups in total. The van der Waals surface area contributed by atoms with Crippen LogP contribution in [0.1, 0.15) is 0 Å². The van der Waals surface area contributed by atoms with Crippen molar-refractivity contribution in [1.82, 2.24) is 0 Å². The van der Waals surface area contributed by atoms with Gasteiger partial charge in [-0.3, -0.25) is 0 Å². The lowest BCUT2D eigenvalue weighted by molar-refractivity contribution is -0.315. The first-order chi connectivity index (χ1) is 34.3. The molecule has 35 unspecified atom stereocenters. The van der Waals surface area contributed by atoms with Gasteiger partial charge in [-0.2, -0.15) is 0 Å². The molecular formula is C42H56O21S7. The van der Waals surface area contributed by atoms with Crippen LogP contribution >= 0.6 is 82.3 Å². The van der Waals surface area contributed by atoms with Crippen molar-refractivity contribution < 1.29 is 102 Å². The Balaban J connectivity index is 0.676. The maximum absolute atomic E-state index is 10.7. The normalized spacial score (nSPS) is 62.7. The van der Waals surface area contributed by atoms with Crippen molar-refractivity contribution in [3.05, 3.63) is 0 Å². The largest absolute Gasteiger partial charge is 0.394 e. The van der Waals surface area contributed by atoms with Crippen LogP contribution in [0.2, 0.25) is 0 Å². The fourth-order valence-corrected chi connectivity index (χ4v) is 20.6. The maximum atomic E-state index is 10.7. The standard InChI is InChI=1S/C42H56O21S7/c43-1-8-15-22-29(64-22)36(50-8)58-16-9(2-44)52-38(31-23(16)66-31)60-18-11(4-46)54-40(33-25(18)68-33)62-20-13(6-48)56-42(35-27(20)70-35)63-21-14(7-49)55-41(34-28(21)69-34)61-19-12(5-47)53-39(32-26(19)67-32)59-17-10(3-45)51-37(57-15)30-24(17)65-30/h8-49H,1-7H2. The molecule has 21 nitrogen and oxygen atoms in total. The molecule has 22 rings (SSSR count). The summed E-state index contributed by atoms with van der Waals surface area (Å²) in [7, 11) is 0. The zero-order valence-electron chi connectivity index (χ0n) is 36.9.